The van der Waals surface area contributed by atoms with Gasteiger partial charge >= 0.3 is 0 Å². The van der Waals surface area contributed by atoms with Crippen LogP contribution in [0.3, 0.4) is 0 Å². The molecule has 1 fully saturated rings. The van der Waals surface area contributed by atoms with Crippen molar-refractivity contribution >= 4 is 11.6 Å². The van der Waals surface area contributed by atoms with Crippen LogP contribution in [-0.2, 0) is 6.42 Å². The Balaban J connectivity index is 2.20. The van der Waals surface area contributed by atoms with Gasteiger partial charge in [0.05, 0.1) is 5.02 Å². The summed E-state index contributed by atoms with van der Waals surface area (Å²) in [6.45, 7) is 2.29. The molecule has 1 saturated carbocycles. The molecule has 1 atom stereocenters. The molecule has 0 saturated heterocycles. The Morgan fingerprint density at radius 1 is 1.38 bits per heavy atom. The van der Waals surface area contributed by atoms with E-state index in [1.807, 2.05) is 0 Å². The third kappa shape index (κ3) is 3.41. The molecule has 2 rings (SSSR count). The highest BCUT2D eigenvalue weighted by molar-refractivity contribution is 6.30. The van der Waals surface area contributed by atoms with E-state index in [9.17, 15) is 4.39 Å². The van der Waals surface area contributed by atoms with Gasteiger partial charge in [-0.2, -0.15) is 0 Å². The number of nitrogens with zero attached hydrogens (tertiary/aromatic N) is 1. The van der Waals surface area contributed by atoms with Gasteiger partial charge in [-0.15, -0.1) is 0 Å². The average molecular weight is 313 g/mol. The second-order valence-electron chi connectivity index (χ2n) is 6.70. The van der Waals surface area contributed by atoms with Crippen LogP contribution in [0.5, 0.6) is 0 Å². The summed E-state index contributed by atoms with van der Waals surface area (Å²) >= 11 is 5.87. The van der Waals surface area contributed by atoms with Crippen LogP contribution in [0.25, 0.3) is 0 Å². The molecule has 1 aromatic rings. The highest BCUT2D eigenvalue weighted by Gasteiger charge is 2.41. The summed E-state index contributed by atoms with van der Waals surface area (Å²) in [6, 6.07) is 5.07. The number of benzene rings is 1. The maximum atomic E-state index is 14.1. The van der Waals surface area contributed by atoms with E-state index in [-0.39, 0.29) is 22.4 Å². The van der Waals surface area contributed by atoms with Crippen LogP contribution in [0, 0.1) is 11.7 Å². The zero-order valence-corrected chi connectivity index (χ0v) is 14.0. The Morgan fingerprint density at radius 2 is 2.00 bits per heavy atom. The molecule has 0 spiro atoms. The molecule has 2 nitrogen and oxygen atoms in total. The molecule has 0 aliphatic heterocycles. The van der Waals surface area contributed by atoms with Gasteiger partial charge in [0, 0.05) is 11.6 Å². The van der Waals surface area contributed by atoms with Crippen LogP contribution < -0.4 is 5.73 Å². The fraction of sp³-hybridized carbons (Fsp3) is 0.647. The highest BCUT2D eigenvalue weighted by Crippen LogP contribution is 2.38. The summed E-state index contributed by atoms with van der Waals surface area (Å²) in [5, 5.41) is 0.177. The second-order valence-corrected chi connectivity index (χ2v) is 7.11. The number of hydrogen-bond donors (Lipinski definition) is 1. The van der Waals surface area contributed by atoms with Crippen LogP contribution in [-0.4, -0.2) is 30.6 Å². The summed E-state index contributed by atoms with van der Waals surface area (Å²) < 4.78 is 14.1. The molecule has 0 amide bonds. The molecule has 1 aliphatic rings. The van der Waals surface area contributed by atoms with Crippen molar-refractivity contribution in [3.8, 4) is 0 Å². The standard InChI is InChI=1S/C17H26ClFN2/c1-12-7-9-17(10-8-12,21(2)3)15(20)11-13-5-4-6-14(18)16(13)19/h4-6,12,15H,7-11,20H2,1-3H3. The Labute approximate surface area is 132 Å². The third-order valence-electron chi connectivity index (χ3n) is 5.19. The zero-order chi connectivity index (χ0) is 15.6. The van der Waals surface area contributed by atoms with E-state index in [0.717, 1.165) is 18.8 Å². The Bertz CT molecular complexity index is 482. The van der Waals surface area contributed by atoms with Crippen molar-refractivity contribution < 1.29 is 4.39 Å². The maximum absolute atomic E-state index is 14.1. The van der Waals surface area contributed by atoms with E-state index >= 15 is 0 Å². The SMILES string of the molecule is CC1CCC(C(N)Cc2cccc(Cl)c2F)(N(C)C)CC1. The zero-order valence-electron chi connectivity index (χ0n) is 13.2. The highest BCUT2D eigenvalue weighted by atomic mass is 35.5. The first kappa shape index (κ1) is 16.7. The van der Waals surface area contributed by atoms with Crippen molar-refractivity contribution in [1.82, 2.24) is 4.90 Å². The first-order valence-electron chi connectivity index (χ1n) is 7.72. The van der Waals surface area contributed by atoms with Gasteiger partial charge in [0.25, 0.3) is 0 Å². The smallest absolute Gasteiger partial charge is 0.145 e. The molecule has 0 aromatic heterocycles. The predicted octanol–water partition coefficient (Wildman–Crippen LogP) is 3.86. The lowest BCUT2D eigenvalue weighted by Crippen LogP contribution is -2.59. The predicted molar refractivity (Wildman–Crippen MR) is 87.1 cm³/mol. The lowest BCUT2D eigenvalue weighted by atomic mass is 9.71. The summed E-state index contributed by atoms with van der Waals surface area (Å²) in [6.07, 6.45) is 5.04. The fourth-order valence-corrected chi connectivity index (χ4v) is 3.74. The maximum Gasteiger partial charge on any atom is 0.145 e. The Hall–Kier alpha value is -0.640. The minimum absolute atomic E-state index is 0.0404. The molecule has 118 valence electrons. The molecule has 2 N–H and O–H groups in total. The van der Waals surface area contributed by atoms with Crippen molar-refractivity contribution in [3.63, 3.8) is 0 Å². The fourth-order valence-electron chi connectivity index (χ4n) is 3.54. The van der Waals surface area contributed by atoms with Crippen LogP contribution in [0.1, 0.15) is 38.2 Å². The van der Waals surface area contributed by atoms with Crippen molar-refractivity contribution in [3.05, 3.63) is 34.6 Å². The van der Waals surface area contributed by atoms with Gasteiger partial charge in [0.15, 0.2) is 0 Å². The summed E-state index contributed by atoms with van der Waals surface area (Å²) in [7, 11) is 4.17. The number of hydrogen-bond acceptors (Lipinski definition) is 2. The molecule has 1 aliphatic carbocycles. The first-order valence-corrected chi connectivity index (χ1v) is 8.10. The minimum Gasteiger partial charge on any atom is -0.326 e. The summed E-state index contributed by atoms with van der Waals surface area (Å²) in [5.74, 6) is 0.431. The molecule has 0 heterocycles. The van der Waals surface area contributed by atoms with Gasteiger partial charge in [-0.3, -0.25) is 0 Å². The summed E-state index contributed by atoms with van der Waals surface area (Å²) in [5.41, 5.74) is 7.11. The van der Waals surface area contributed by atoms with Crippen molar-refractivity contribution in [1.29, 1.82) is 0 Å². The van der Waals surface area contributed by atoms with E-state index in [1.54, 1.807) is 18.2 Å². The molecule has 21 heavy (non-hydrogen) atoms. The van der Waals surface area contributed by atoms with E-state index in [4.69, 9.17) is 17.3 Å². The van der Waals surface area contributed by atoms with E-state index in [2.05, 4.69) is 25.9 Å². The van der Waals surface area contributed by atoms with Crippen LogP contribution in [0.4, 0.5) is 4.39 Å². The van der Waals surface area contributed by atoms with Crippen LogP contribution >= 0.6 is 11.6 Å². The summed E-state index contributed by atoms with van der Waals surface area (Å²) in [4.78, 5) is 2.24. The van der Waals surface area contributed by atoms with Gasteiger partial charge in [0.1, 0.15) is 5.82 Å². The number of nitrogens with two attached hydrogens (primary N) is 1. The quantitative estimate of drug-likeness (QED) is 0.914. The lowest BCUT2D eigenvalue weighted by Gasteiger charge is -2.48. The van der Waals surface area contributed by atoms with Gasteiger partial charge in [0.2, 0.25) is 0 Å². The normalized spacial score (nSPS) is 27.9. The van der Waals surface area contributed by atoms with Crippen LogP contribution in [0.15, 0.2) is 18.2 Å². The number of likely N-dealkylation sites (N-methyl/N-ethyl adjacent to an activating group) is 1. The molecular weight excluding hydrogens is 287 g/mol. The van der Waals surface area contributed by atoms with E-state index in [1.165, 1.54) is 12.8 Å². The average Bonchev–Trinajstić information content (AvgIpc) is 2.44. The monoisotopic (exact) mass is 312 g/mol. The largest absolute Gasteiger partial charge is 0.326 e. The molecular formula is C17H26ClFN2. The van der Waals surface area contributed by atoms with Gasteiger partial charge in [-0.05, 0) is 63.7 Å². The molecule has 0 radical (unpaired) electrons. The second kappa shape index (κ2) is 6.64. The molecule has 1 unspecified atom stereocenters. The van der Waals surface area contributed by atoms with Crippen LogP contribution in [0.2, 0.25) is 5.02 Å². The lowest BCUT2D eigenvalue weighted by molar-refractivity contribution is 0.0566. The van der Waals surface area contributed by atoms with E-state index < -0.39 is 0 Å². The Kier molecular flexibility index (Phi) is 5.29. The molecule has 0 bridgehead atoms. The number of rotatable bonds is 4. The molecule has 4 heteroatoms. The molecule has 1 aromatic carbocycles. The third-order valence-corrected chi connectivity index (χ3v) is 5.48. The van der Waals surface area contributed by atoms with Crippen molar-refractivity contribution in [2.24, 2.45) is 11.7 Å². The minimum atomic E-state index is -0.326. The van der Waals surface area contributed by atoms with E-state index in [0.29, 0.717) is 12.0 Å². The first-order chi connectivity index (χ1) is 9.86. The topological polar surface area (TPSA) is 29.3 Å². The van der Waals surface area contributed by atoms with Gasteiger partial charge in [-0.1, -0.05) is 30.7 Å². The van der Waals surface area contributed by atoms with Crippen molar-refractivity contribution in [2.45, 2.75) is 50.6 Å². The van der Waals surface area contributed by atoms with Gasteiger partial charge in [-0.25, -0.2) is 4.39 Å². The number of halogens is 2. The van der Waals surface area contributed by atoms with Gasteiger partial charge < -0.3 is 10.6 Å². The Morgan fingerprint density at radius 3 is 2.57 bits per heavy atom. The van der Waals surface area contributed by atoms with Crippen molar-refractivity contribution in [2.75, 3.05) is 14.1 Å².